The Bertz CT molecular complexity index is 1230. The highest BCUT2D eigenvalue weighted by Crippen LogP contribution is 2.39. The zero-order chi connectivity index (χ0) is 23.7. The molecule has 0 bridgehead atoms. The van der Waals surface area contributed by atoms with Gasteiger partial charge in [-0.2, -0.15) is 0 Å². The van der Waals surface area contributed by atoms with Crippen molar-refractivity contribution in [3.05, 3.63) is 77.9 Å². The molecule has 5 rings (SSSR count). The van der Waals surface area contributed by atoms with E-state index in [0.717, 1.165) is 21.8 Å². The maximum atomic E-state index is 13.6. The number of ether oxygens (including phenoxy) is 2. The fourth-order valence-electron chi connectivity index (χ4n) is 4.67. The van der Waals surface area contributed by atoms with Crippen molar-refractivity contribution in [2.24, 2.45) is 0 Å². The molecule has 0 aliphatic carbocycles. The lowest BCUT2D eigenvalue weighted by atomic mass is 9.97. The number of carbonyl (C=O) groups is 2. The Hall–Kier alpha value is -3.29. The SMILES string of the molecule is COc1cc2c(cc1OC)CN([C@@H]1CC(=O)N(c3ccccc3Sc3ccccc3)C1=O)CC2. The largest absolute Gasteiger partial charge is 0.493 e. The molecule has 3 aromatic carbocycles. The van der Waals surface area contributed by atoms with Crippen LogP contribution in [0.5, 0.6) is 11.5 Å². The van der Waals surface area contributed by atoms with E-state index in [4.69, 9.17) is 9.47 Å². The standard InChI is InChI=1S/C27H26N2O4S/c1-32-23-14-18-12-13-28(17-19(18)15-24(23)33-2)22-16-26(30)29(27(22)31)21-10-6-7-11-25(21)34-20-8-4-3-5-9-20/h3-11,14-15,22H,12-13,16-17H2,1-2H3/t22-/m1/s1. The maximum Gasteiger partial charge on any atom is 0.251 e. The van der Waals surface area contributed by atoms with Crippen molar-refractivity contribution < 1.29 is 19.1 Å². The lowest BCUT2D eigenvalue weighted by molar-refractivity contribution is -0.123. The molecule has 0 saturated carbocycles. The highest BCUT2D eigenvalue weighted by Gasteiger charge is 2.44. The number of methoxy groups -OCH3 is 2. The van der Waals surface area contributed by atoms with Crippen molar-refractivity contribution >= 4 is 29.3 Å². The molecule has 2 amide bonds. The van der Waals surface area contributed by atoms with Gasteiger partial charge in [0, 0.05) is 22.9 Å². The van der Waals surface area contributed by atoms with Gasteiger partial charge in [-0.05, 0) is 53.9 Å². The third-order valence-corrected chi connectivity index (χ3v) is 7.46. The summed E-state index contributed by atoms with van der Waals surface area (Å²) in [6.07, 6.45) is 0.972. The number of hydrogen-bond donors (Lipinski definition) is 0. The molecule has 2 aliphatic rings. The van der Waals surface area contributed by atoms with Crippen LogP contribution in [-0.4, -0.2) is 43.5 Å². The van der Waals surface area contributed by atoms with E-state index in [-0.39, 0.29) is 18.2 Å². The van der Waals surface area contributed by atoms with Gasteiger partial charge in [-0.15, -0.1) is 0 Å². The molecule has 2 heterocycles. The summed E-state index contributed by atoms with van der Waals surface area (Å²) in [5.41, 5.74) is 2.94. The van der Waals surface area contributed by atoms with Crippen molar-refractivity contribution in [1.82, 2.24) is 4.90 Å². The average molecular weight is 475 g/mol. The summed E-state index contributed by atoms with van der Waals surface area (Å²) < 4.78 is 10.9. The molecule has 2 aliphatic heterocycles. The lowest BCUT2D eigenvalue weighted by Gasteiger charge is -2.32. The number of hydrogen-bond acceptors (Lipinski definition) is 6. The summed E-state index contributed by atoms with van der Waals surface area (Å²) >= 11 is 1.55. The number of anilines is 1. The first kappa shape index (κ1) is 22.5. The number of fused-ring (bicyclic) bond motifs is 1. The molecule has 34 heavy (non-hydrogen) atoms. The van der Waals surface area contributed by atoms with Gasteiger partial charge >= 0.3 is 0 Å². The van der Waals surface area contributed by atoms with Gasteiger partial charge in [-0.3, -0.25) is 14.5 Å². The number of nitrogens with zero attached hydrogens (tertiary/aromatic N) is 2. The summed E-state index contributed by atoms with van der Waals surface area (Å²) in [5.74, 6) is 1.06. The Morgan fingerprint density at radius 3 is 2.29 bits per heavy atom. The monoisotopic (exact) mass is 474 g/mol. The molecule has 0 N–H and O–H groups in total. The summed E-state index contributed by atoms with van der Waals surface area (Å²) in [6.45, 7) is 1.30. The molecule has 0 aromatic heterocycles. The Labute approximate surface area is 203 Å². The second-order valence-electron chi connectivity index (χ2n) is 8.37. The molecule has 174 valence electrons. The summed E-state index contributed by atoms with van der Waals surface area (Å²) in [5, 5.41) is 0. The summed E-state index contributed by atoms with van der Waals surface area (Å²) in [4.78, 5) is 32.1. The van der Waals surface area contributed by atoms with Crippen LogP contribution < -0.4 is 14.4 Å². The van der Waals surface area contributed by atoms with Crippen LogP contribution in [0.1, 0.15) is 17.5 Å². The molecule has 0 radical (unpaired) electrons. The van der Waals surface area contributed by atoms with Crippen LogP contribution in [0, 0.1) is 0 Å². The average Bonchev–Trinajstić information content (AvgIpc) is 3.17. The van der Waals surface area contributed by atoms with Gasteiger partial charge < -0.3 is 9.47 Å². The maximum absolute atomic E-state index is 13.6. The summed E-state index contributed by atoms with van der Waals surface area (Å²) in [6, 6.07) is 21.1. The Morgan fingerprint density at radius 2 is 1.56 bits per heavy atom. The van der Waals surface area contributed by atoms with Crippen molar-refractivity contribution in [2.45, 2.75) is 35.2 Å². The minimum absolute atomic E-state index is 0.157. The van der Waals surface area contributed by atoms with Crippen LogP contribution >= 0.6 is 11.8 Å². The number of amides is 2. The van der Waals surface area contributed by atoms with Gasteiger partial charge in [0.1, 0.15) is 0 Å². The minimum Gasteiger partial charge on any atom is -0.493 e. The third kappa shape index (κ3) is 4.17. The first-order valence-electron chi connectivity index (χ1n) is 11.3. The first-order valence-corrected chi connectivity index (χ1v) is 12.1. The topological polar surface area (TPSA) is 59.1 Å². The van der Waals surface area contributed by atoms with Crippen LogP contribution in [0.3, 0.4) is 0 Å². The summed E-state index contributed by atoms with van der Waals surface area (Å²) in [7, 11) is 3.25. The number of benzene rings is 3. The van der Waals surface area contributed by atoms with Gasteiger partial charge in [0.2, 0.25) is 5.91 Å². The van der Waals surface area contributed by atoms with E-state index in [0.29, 0.717) is 30.3 Å². The van der Waals surface area contributed by atoms with Gasteiger partial charge in [-0.1, -0.05) is 42.1 Å². The zero-order valence-corrected chi connectivity index (χ0v) is 20.0. The smallest absolute Gasteiger partial charge is 0.251 e. The molecule has 1 atom stereocenters. The van der Waals surface area contributed by atoms with E-state index in [1.54, 1.807) is 26.0 Å². The highest BCUT2D eigenvalue weighted by atomic mass is 32.2. The number of imide groups is 1. The van der Waals surface area contributed by atoms with Crippen LogP contribution in [0.2, 0.25) is 0 Å². The van der Waals surface area contributed by atoms with Crippen molar-refractivity contribution in [1.29, 1.82) is 0 Å². The van der Waals surface area contributed by atoms with Gasteiger partial charge in [-0.25, -0.2) is 4.90 Å². The molecule has 3 aromatic rings. The van der Waals surface area contributed by atoms with Gasteiger partial charge in [0.05, 0.1) is 32.4 Å². The molecule has 0 unspecified atom stereocenters. The van der Waals surface area contributed by atoms with E-state index in [1.807, 2.05) is 66.7 Å². The van der Waals surface area contributed by atoms with E-state index < -0.39 is 6.04 Å². The molecule has 0 spiro atoms. The fourth-order valence-corrected chi connectivity index (χ4v) is 5.63. The lowest BCUT2D eigenvalue weighted by Crippen LogP contribution is -2.44. The van der Waals surface area contributed by atoms with Crippen LogP contribution in [-0.2, 0) is 22.6 Å². The predicted molar refractivity (Wildman–Crippen MR) is 132 cm³/mol. The highest BCUT2D eigenvalue weighted by molar-refractivity contribution is 7.99. The molecular weight excluding hydrogens is 448 g/mol. The Kier molecular flexibility index (Phi) is 6.30. The number of carbonyl (C=O) groups excluding carboxylic acids is 2. The Balaban J connectivity index is 1.39. The second-order valence-corrected chi connectivity index (χ2v) is 9.48. The van der Waals surface area contributed by atoms with Crippen molar-refractivity contribution in [3.8, 4) is 11.5 Å². The van der Waals surface area contributed by atoms with E-state index >= 15 is 0 Å². The van der Waals surface area contributed by atoms with Crippen molar-refractivity contribution in [2.75, 3.05) is 25.7 Å². The Morgan fingerprint density at radius 1 is 0.882 bits per heavy atom. The number of rotatable bonds is 6. The van der Waals surface area contributed by atoms with Crippen LogP contribution in [0.15, 0.2) is 76.5 Å². The van der Waals surface area contributed by atoms with Crippen LogP contribution in [0.25, 0.3) is 0 Å². The third-order valence-electron chi connectivity index (χ3n) is 6.39. The normalized spacial score (nSPS) is 18.2. The van der Waals surface area contributed by atoms with E-state index in [9.17, 15) is 9.59 Å². The molecule has 1 saturated heterocycles. The molecule has 7 heteroatoms. The van der Waals surface area contributed by atoms with Gasteiger partial charge in [0.25, 0.3) is 5.91 Å². The first-order chi connectivity index (χ1) is 16.6. The number of para-hydroxylation sites is 1. The quantitative estimate of drug-likeness (QED) is 0.489. The second kappa shape index (κ2) is 9.52. The zero-order valence-electron chi connectivity index (χ0n) is 19.2. The van der Waals surface area contributed by atoms with Gasteiger partial charge in [0.15, 0.2) is 11.5 Å². The minimum atomic E-state index is -0.469. The molecule has 1 fully saturated rings. The predicted octanol–water partition coefficient (Wildman–Crippen LogP) is 4.55. The van der Waals surface area contributed by atoms with Crippen molar-refractivity contribution in [3.63, 3.8) is 0 Å². The van der Waals surface area contributed by atoms with E-state index in [2.05, 4.69) is 4.90 Å². The van der Waals surface area contributed by atoms with Crippen LogP contribution in [0.4, 0.5) is 5.69 Å². The fraction of sp³-hybridized carbons (Fsp3) is 0.259. The molecular formula is C27H26N2O4S. The van der Waals surface area contributed by atoms with E-state index in [1.165, 1.54) is 10.5 Å². The molecule has 6 nitrogen and oxygen atoms in total.